The van der Waals surface area contributed by atoms with Crippen LogP contribution in [0.3, 0.4) is 0 Å². The highest BCUT2D eigenvalue weighted by Crippen LogP contribution is 2.31. The van der Waals surface area contributed by atoms with Crippen molar-refractivity contribution in [2.24, 2.45) is 0 Å². The van der Waals surface area contributed by atoms with E-state index < -0.39 is 0 Å². The Morgan fingerprint density at radius 2 is 1.62 bits per heavy atom. The fraction of sp³-hybridized carbons (Fsp3) is 0.0417. The van der Waals surface area contributed by atoms with E-state index in [4.69, 9.17) is 0 Å². The van der Waals surface area contributed by atoms with Crippen LogP contribution < -0.4 is 0 Å². The van der Waals surface area contributed by atoms with Gasteiger partial charge in [-0.3, -0.25) is 4.57 Å². The third kappa shape index (κ3) is 3.63. The van der Waals surface area contributed by atoms with E-state index in [0.29, 0.717) is 33.5 Å². The second-order valence-electron chi connectivity index (χ2n) is 7.05. The highest BCUT2D eigenvalue weighted by molar-refractivity contribution is 7.98. The summed E-state index contributed by atoms with van der Waals surface area (Å²) < 4.78 is 30.7. The zero-order valence-corrected chi connectivity index (χ0v) is 17.4. The largest absolute Gasteiger partial charge is 0.322 e. The van der Waals surface area contributed by atoms with Gasteiger partial charge in [-0.15, -0.1) is 10.2 Å². The van der Waals surface area contributed by atoms with Crippen LogP contribution in [-0.2, 0) is 5.75 Å². The maximum atomic E-state index is 13.5. The van der Waals surface area contributed by atoms with Crippen LogP contribution in [0.25, 0.3) is 22.6 Å². The summed E-state index contributed by atoms with van der Waals surface area (Å²) in [5.41, 5.74) is 3.70. The maximum Gasteiger partial charge on any atom is 0.196 e. The Bertz CT molecular complexity index is 1450. The summed E-state index contributed by atoms with van der Waals surface area (Å²) in [5.74, 6) is 0.314. The van der Waals surface area contributed by atoms with Gasteiger partial charge in [-0.25, -0.2) is 8.78 Å². The molecule has 5 nitrogen and oxygen atoms in total. The van der Waals surface area contributed by atoms with Crippen LogP contribution >= 0.6 is 11.8 Å². The number of hydrogen-bond donors (Lipinski definition) is 0. The number of benzene rings is 2. The van der Waals surface area contributed by atoms with Crippen LogP contribution in [0.1, 0.15) is 11.1 Å². The van der Waals surface area contributed by atoms with E-state index in [2.05, 4.69) is 16.3 Å². The number of halogens is 2. The highest BCUT2D eigenvalue weighted by atomic mass is 32.2. The van der Waals surface area contributed by atoms with Gasteiger partial charge in [0.05, 0.1) is 11.1 Å². The van der Waals surface area contributed by atoms with E-state index in [9.17, 15) is 14.0 Å². The summed E-state index contributed by atoms with van der Waals surface area (Å²) >= 11 is 1.42. The van der Waals surface area contributed by atoms with Crippen molar-refractivity contribution in [1.82, 2.24) is 19.2 Å². The van der Waals surface area contributed by atoms with Gasteiger partial charge in [-0.1, -0.05) is 17.8 Å². The Morgan fingerprint density at radius 1 is 0.906 bits per heavy atom. The third-order valence-corrected chi connectivity index (χ3v) is 6.03. The number of thioether (sulfide) groups is 1. The standard InChI is InChI=1S/C24H15F2N5S/c25-18-6-4-16(5-7-18)23-28-29-24(31(23)20-10-8-19(26)9-11-20)32-15-17-14-30-12-2-1-3-22(30)21(17)13-27/h1-12,14H,15H2. The molecule has 0 bridgehead atoms. The Kier molecular flexibility index (Phi) is 5.17. The number of nitriles is 1. The summed E-state index contributed by atoms with van der Waals surface area (Å²) in [6, 6.07) is 20.0. The van der Waals surface area contributed by atoms with Crippen molar-refractivity contribution in [2.75, 3.05) is 0 Å². The molecule has 0 aliphatic rings. The van der Waals surface area contributed by atoms with Crippen molar-refractivity contribution < 1.29 is 8.78 Å². The summed E-state index contributed by atoms with van der Waals surface area (Å²) in [4.78, 5) is 0. The first-order valence-electron chi connectivity index (χ1n) is 9.73. The molecule has 32 heavy (non-hydrogen) atoms. The van der Waals surface area contributed by atoms with Crippen LogP contribution in [0.15, 0.2) is 84.3 Å². The molecule has 0 saturated carbocycles. The van der Waals surface area contributed by atoms with Crippen molar-refractivity contribution in [2.45, 2.75) is 10.9 Å². The fourth-order valence-corrected chi connectivity index (χ4v) is 4.45. The molecular formula is C24H15F2N5S. The number of aromatic nitrogens is 4. The zero-order valence-electron chi connectivity index (χ0n) is 16.6. The lowest BCUT2D eigenvalue weighted by Crippen LogP contribution is -2.00. The molecule has 0 aliphatic carbocycles. The molecule has 156 valence electrons. The van der Waals surface area contributed by atoms with Gasteiger partial charge in [-0.2, -0.15) is 5.26 Å². The van der Waals surface area contributed by atoms with Gasteiger partial charge in [0.1, 0.15) is 17.7 Å². The van der Waals surface area contributed by atoms with Gasteiger partial charge in [0.15, 0.2) is 11.0 Å². The molecule has 3 aromatic heterocycles. The number of nitrogens with zero attached hydrogens (tertiary/aromatic N) is 5. The monoisotopic (exact) mass is 443 g/mol. The van der Waals surface area contributed by atoms with E-state index in [1.807, 2.05) is 35.0 Å². The molecule has 0 radical (unpaired) electrons. The first-order chi connectivity index (χ1) is 15.6. The molecule has 0 amide bonds. The van der Waals surface area contributed by atoms with Crippen molar-refractivity contribution in [3.8, 4) is 23.1 Å². The number of fused-ring (bicyclic) bond motifs is 1. The second-order valence-corrected chi connectivity index (χ2v) is 7.99. The molecule has 2 aromatic carbocycles. The summed E-state index contributed by atoms with van der Waals surface area (Å²) in [5, 5.41) is 18.9. The fourth-order valence-electron chi connectivity index (χ4n) is 3.53. The normalized spacial score (nSPS) is 11.0. The Hall–Kier alpha value is -3.96. The molecule has 5 aromatic rings. The van der Waals surface area contributed by atoms with E-state index in [1.165, 1.54) is 36.0 Å². The molecular weight excluding hydrogens is 428 g/mol. The maximum absolute atomic E-state index is 13.5. The van der Waals surface area contributed by atoms with Crippen molar-refractivity contribution >= 4 is 17.3 Å². The predicted molar refractivity (Wildman–Crippen MR) is 118 cm³/mol. The van der Waals surface area contributed by atoms with Crippen LogP contribution in [0.2, 0.25) is 0 Å². The SMILES string of the molecule is N#Cc1c(CSc2nnc(-c3ccc(F)cc3)n2-c2ccc(F)cc2)cn2ccccc12. The first kappa shape index (κ1) is 20.0. The van der Waals surface area contributed by atoms with Crippen LogP contribution in [0.5, 0.6) is 0 Å². The van der Waals surface area contributed by atoms with E-state index in [-0.39, 0.29) is 11.6 Å². The van der Waals surface area contributed by atoms with Crippen molar-refractivity contribution in [1.29, 1.82) is 5.26 Å². The second kappa shape index (κ2) is 8.29. The van der Waals surface area contributed by atoms with Crippen molar-refractivity contribution in [3.05, 3.63) is 102 Å². The smallest absolute Gasteiger partial charge is 0.196 e. The summed E-state index contributed by atoms with van der Waals surface area (Å²) in [6.45, 7) is 0. The molecule has 0 N–H and O–H groups in total. The third-order valence-electron chi connectivity index (χ3n) is 5.05. The molecule has 0 saturated heterocycles. The van der Waals surface area contributed by atoms with Gasteiger partial charge >= 0.3 is 0 Å². The molecule has 0 spiro atoms. The van der Waals surface area contributed by atoms with Gasteiger partial charge in [0.25, 0.3) is 0 Å². The average Bonchev–Trinajstić information content (AvgIpc) is 3.39. The predicted octanol–water partition coefficient (Wildman–Crippen LogP) is 5.63. The molecule has 0 fully saturated rings. The summed E-state index contributed by atoms with van der Waals surface area (Å²) in [6.07, 6.45) is 3.83. The molecule has 0 atom stereocenters. The van der Waals surface area contributed by atoms with E-state index in [1.54, 1.807) is 28.8 Å². The summed E-state index contributed by atoms with van der Waals surface area (Å²) in [7, 11) is 0. The topological polar surface area (TPSA) is 58.9 Å². The van der Waals surface area contributed by atoms with Gasteiger partial charge in [0.2, 0.25) is 0 Å². The van der Waals surface area contributed by atoms with Crippen LogP contribution in [0, 0.1) is 23.0 Å². The van der Waals surface area contributed by atoms with E-state index >= 15 is 0 Å². The minimum Gasteiger partial charge on any atom is -0.322 e. The molecule has 0 aliphatic heterocycles. The molecule has 3 heterocycles. The number of pyridine rings is 1. The lowest BCUT2D eigenvalue weighted by molar-refractivity contribution is 0.626. The van der Waals surface area contributed by atoms with E-state index in [0.717, 1.165) is 11.1 Å². The Morgan fingerprint density at radius 3 is 2.34 bits per heavy atom. The van der Waals surface area contributed by atoms with Crippen LogP contribution in [-0.4, -0.2) is 19.2 Å². The average molecular weight is 443 g/mol. The first-order valence-corrected chi connectivity index (χ1v) is 10.7. The Balaban J connectivity index is 1.55. The minimum atomic E-state index is -0.349. The number of hydrogen-bond acceptors (Lipinski definition) is 4. The van der Waals surface area contributed by atoms with Gasteiger partial charge in [0, 0.05) is 29.4 Å². The molecule has 8 heteroatoms. The zero-order chi connectivity index (χ0) is 22.1. The van der Waals surface area contributed by atoms with Gasteiger partial charge < -0.3 is 4.40 Å². The lowest BCUT2D eigenvalue weighted by Gasteiger charge is -2.10. The van der Waals surface area contributed by atoms with Crippen molar-refractivity contribution in [3.63, 3.8) is 0 Å². The lowest BCUT2D eigenvalue weighted by atomic mass is 10.2. The minimum absolute atomic E-state index is 0.346. The highest BCUT2D eigenvalue weighted by Gasteiger charge is 2.18. The molecule has 0 unspecified atom stereocenters. The Labute approximate surface area is 186 Å². The quantitative estimate of drug-likeness (QED) is 0.330. The molecule has 5 rings (SSSR count). The van der Waals surface area contributed by atoms with Gasteiger partial charge in [-0.05, 0) is 66.2 Å². The van der Waals surface area contributed by atoms with Crippen LogP contribution in [0.4, 0.5) is 8.78 Å². The number of rotatable bonds is 5.